The molecule has 2 rings (SSSR count). The fraction of sp³-hybridized carbons (Fsp3) is 0.500. The molecule has 1 unspecified atom stereocenters. The van der Waals surface area contributed by atoms with Gasteiger partial charge in [-0.15, -0.1) is 0 Å². The van der Waals surface area contributed by atoms with Gasteiger partial charge in [0.2, 0.25) is 5.91 Å². The van der Waals surface area contributed by atoms with Crippen molar-refractivity contribution >= 4 is 5.91 Å². The van der Waals surface area contributed by atoms with Crippen molar-refractivity contribution in [3.05, 3.63) is 52.3 Å². The summed E-state index contributed by atoms with van der Waals surface area (Å²) in [5.74, 6) is 0.0145. The number of benzene rings is 1. The highest BCUT2D eigenvalue weighted by molar-refractivity contribution is 5.79. The standard InChI is InChI=1S/C20H27F2N3O/c1-6-15-7-9-16(10-8-15)19(12(2)3)23-18(26)11-17-13(4)24-25(14(17)5)20(21)22/h7-10,12,19-20H,6,11H2,1-5H3,(H,23,26). The van der Waals surface area contributed by atoms with Crippen LogP contribution in [0.15, 0.2) is 24.3 Å². The molecule has 4 nitrogen and oxygen atoms in total. The fourth-order valence-corrected chi connectivity index (χ4v) is 3.12. The van der Waals surface area contributed by atoms with Gasteiger partial charge in [0.05, 0.1) is 18.2 Å². The van der Waals surface area contributed by atoms with Crippen LogP contribution in [0.3, 0.4) is 0 Å². The molecule has 26 heavy (non-hydrogen) atoms. The summed E-state index contributed by atoms with van der Waals surface area (Å²) in [6.45, 7) is 6.70. The minimum absolute atomic E-state index is 0.0423. The third kappa shape index (κ3) is 4.48. The van der Waals surface area contributed by atoms with E-state index in [1.54, 1.807) is 13.8 Å². The SMILES string of the molecule is CCc1ccc(C(NC(=O)Cc2c(C)nn(C(F)F)c2C)C(C)C)cc1. The van der Waals surface area contributed by atoms with Gasteiger partial charge in [0.15, 0.2) is 0 Å². The molecule has 6 heteroatoms. The number of nitrogens with zero attached hydrogens (tertiary/aromatic N) is 2. The molecule has 0 aliphatic carbocycles. The van der Waals surface area contributed by atoms with E-state index in [0.29, 0.717) is 21.6 Å². The second-order valence-corrected chi connectivity index (χ2v) is 6.93. The largest absolute Gasteiger partial charge is 0.349 e. The third-order valence-electron chi connectivity index (χ3n) is 4.73. The van der Waals surface area contributed by atoms with E-state index in [0.717, 1.165) is 12.0 Å². The molecule has 0 fully saturated rings. The van der Waals surface area contributed by atoms with Gasteiger partial charge in [0, 0.05) is 11.3 Å². The Labute approximate surface area is 153 Å². The van der Waals surface area contributed by atoms with E-state index in [4.69, 9.17) is 0 Å². The Hall–Kier alpha value is -2.24. The number of hydrogen-bond donors (Lipinski definition) is 1. The molecular weight excluding hydrogens is 336 g/mol. The average molecular weight is 363 g/mol. The highest BCUT2D eigenvalue weighted by atomic mass is 19.3. The van der Waals surface area contributed by atoms with Gasteiger partial charge in [-0.2, -0.15) is 13.9 Å². The quantitative estimate of drug-likeness (QED) is 0.786. The van der Waals surface area contributed by atoms with Gasteiger partial charge in [0.25, 0.3) is 0 Å². The Balaban J connectivity index is 2.15. The van der Waals surface area contributed by atoms with E-state index in [1.165, 1.54) is 5.56 Å². The topological polar surface area (TPSA) is 46.9 Å². The first-order valence-electron chi connectivity index (χ1n) is 8.95. The maximum atomic E-state index is 13.0. The summed E-state index contributed by atoms with van der Waals surface area (Å²) in [5.41, 5.74) is 3.65. The first kappa shape index (κ1) is 20.1. The number of carbonyl (C=O) groups is 1. The second kappa shape index (κ2) is 8.43. The molecule has 0 aliphatic rings. The zero-order valence-corrected chi connectivity index (χ0v) is 16.0. The number of nitrogens with one attached hydrogen (secondary N) is 1. The summed E-state index contributed by atoms with van der Waals surface area (Å²) in [4.78, 5) is 12.6. The summed E-state index contributed by atoms with van der Waals surface area (Å²) >= 11 is 0. The Kier molecular flexibility index (Phi) is 6.51. The number of carbonyl (C=O) groups excluding carboxylic acids is 1. The molecular formula is C20H27F2N3O. The van der Waals surface area contributed by atoms with Crippen molar-refractivity contribution in [2.45, 2.75) is 60.1 Å². The summed E-state index contributed by atoms with van der Waals surface area (Å²) in [7, 11) is 0. The highest BCUT2D eigenvalue weighted by Crippen LogP contribution is 2.24. The minimum Gasteiger partial charge on any atom is -0.349 e. The van der Waals surface area contributed by atoms with Crippen LogP contribution in [0.25, 0.3) is 0 Å². The number of halogens is 2. The smallest absolute Gasteiger partial charge is 0.333 e. The minimum atomic E-state index is -2.70. The van der Waals surface area contributed by atoms with Crippen molar-refractivity contribution in [3.63, 3.8) is 0 Å². The van der Waals surface area contributed by atoms with Crippen molar-refractivity contribution in [1.82, 2.24) is 15.1 Å². The van der Waals surface area contributed by atoms with Gasteiger partial charge in [-0.05, 0) is 37.3 Å². The molecule has 1 atom stereocenters. The molecule has 0 radical (unpaired) electrons. The van der Waals surface area contributed by atoms with Gasteiger partial charge in [-0.3, -0.25) is 4.79 Å². The fourth-order valence-electron chi connectivity index (χ4n) is 3.12. The molecule has 1 amide bonds. The predicted molar refractivity (Wildman–Crippen MR) is 98.2 cm³/mol. The van der Waals surface area contributed by atoms with Crippen LogP contribution >= 0.6 is 0 Å². The molecule has 142 valence electrons. The Morgan fingerprint density at radius 3 is 2.27 bits per heavy atom. The number of rotatable bonds is 7. The van der Waals surface area contributed by atoms with Crippen LogP contribution in [-0.2, 0) is 17.6 Å². The van der Waals surface area contributed by atoms with E-state index in [1.807, 2.05) is 26.0 Å². The van der Waals surface area contributed by atoms with E-state index >= 15 is 0 Å². The highest BCUT2D eigenvalue weighted by Gasteiger charge is 2.22. The lowest BCUT2D eigenvalue weighted by atomic mass is 9.94. The molecule has 1 heterocycles. The van der Waals surface area contributed by atoms with Crippen LogP contribution in [-0.4, -0.2) is 15.7 Å². The Bertz CT molecular complexity index is 751. The summed E-state index contributed by atoms with van der Waals surface area (Å²) in [6, 6.07) is 8.08. The van der Waals surface area contributed by atoms with Gasteiger partial charge < -0.3 is 5.32 Å². The third-order valence-corrected chi connectivity index (χ3v) is 4.73. The molecule has 0 aliphatic heterocycles. The molecule has 2 aromatic rings. The van der Waals surface area contributed by atoms with Crippen LogP contribution < -0.4 is 5.32 Å². The van der Waals surface area contributed by atoms with E-state index < -0.39 is 6.55 Å². The lowest BCUT2D eigenvalue weighted by Gasteiger charge is -2.23. The molecule has 1 N–H and O–H groups in total. The number of alkyl halides is 2. The first-order valence-corrected chi connectivity index (χ1v) is 8.95. The molecule has 1 aromatic carbocycles. The lowest BCUT2D eigenvalue weighted by Crippen LogP contribution is -2.33. The molecule has 0 saturated carbocycles. The molecule has 0 spiro atoms. The van der Waals surface area contributed by atoms with Gasteiger partial charge in [0.1, 0.15) is 0 Å². The van der Waals surface area contributed by atoms with Crippen molar-refractivity contribution < 1.29 is 13.6 Å². The molecule has 1 aromatic heterocycles. The summed E-state index contributed by atoms with van der Waals surface area (Å²) < 4.78 is 26.6. The van der Waals surface area contributed by atoms with Gasteiger partial charge >= 0.3 is 6.55 Å². The van der Waals surface area contributed by atoms with Gasteiger partial charge in [-0.25, -0.2) is 4.68 Å². The van der Waals surface area contributed by atoms with E-state index in [-0.39, 0.29) is 24.3 Å². The lowest BCUT2D eigenvalue weighted by molar-refractivity contribution is -0.121. The number of amides is 1. The number of hydrogen-bond acceptors (Lipinski definition) is 2. The second-order valence-electron chi connectivity index (χ2n) is 6.93. The van der Waals surface area contributed by atoms with Gasteiger partial charge in [-0.1, -0.05) is 45.0 Å². The van der Waals surface area contributed by atoms with E-state index in [9.17, 15) is 13.6 Å². The van der Waals surface area contributed by atoms with Crippen LogP contribution in [0, 0.1) is 19.8 Å². The monoisotopic (exact) mass is 363 g/mol. The normalized spacial score (nSPS) is 12.7. The van der Waals surface area contributed by atoms with Crippen molar-refractivity contribution in [2.75, 3.05) is 0 Å². The maximum absolute atomic E-state index is 13.0. The number of aromatic nitrogens is 2. The summed E-state index contributed by atoms with van der Waals surface area (Å²) in [6.07, 6.45) is 1.01. The maximum Gasteiger partial charge on any atom is 0.333 e. The van der Waals surface area contributed by atoms with Crippen molar-refractivity contribution in [2.24, 2.45) is 5.92 Å². The Morgan fingerprint density at radius 1 is 1.19 bits per heavy atom. The zero-order chi connectivity index (χ0) is 19.4. The summed E-state index contributed by atoms with van der Waals surface area (Å²) in [5, 5.41) is 6.89. The zero-order valence-electron chi connectivity index (χ0n) is 16.0. The molecule has 0 bridgehead atoms. The molecule has 0 saturated heterocycles. The van der Waals surface area contributed by atoms with Crippen LogP contribution in [0.1, 0.15) is 61.4 Å². The van der Waals surface area contributed by atoms with Crippen molar-refractivity contribution in [3.8, 4) is 0 Å². The number of aryl methyl sites for hydroxylation is 2. The first-order chi connectivity index (χ1) is 12.2. The predicted octanol–water partition coefficient (Wildman–Crippen LogP) is 4.51. The average Bonchev–Trinajstić information content (AvgIpc) is 2.88. The van der Waals surface area contributed by atoms with Crippen LogP contribution in [0.5, 0.6) is 0 Å². The van der Waals surface area contributed by atoms with Crippen molar-refractivity contribution in [1.29, 1.82) is 0 Å². The Morgan fingerprint density at radius 2 is 1.81 bits per heavy atom. The van der Waals surface area contributed by atoms with E-state index in [2.05, 4.69) is 29.5 Å². The van der Waals surface area contributed by atoms with Crippen LogP contribution in [0.4, 0.5) is 8.78 Å². The van der Waals surface area contributed by atoms with Crippen LogP contribution in [0.2, 0.25) is 0 Å².